The Hall–Kier alpha value is -3.46. The van der Waals surface area contributed by atoms with Crippen LogP contribution in [0.4, 0.5) is 5.95 Å². The first-order valence-corrected chi connectivity index (χ1v) is 10.6. The lowest BCUT2D eigenvalue weighted by atomic mass is 10.1. The van der Waals surface area contributed by atoms with E-state index in [4.69, 9.17) is 4.74 Å². The molecular formula is C22H26N8O. The summed E-state index contributed by atoms with van der Waals surface area (Å²) in [7, 11) is 0. The molecule has 1 fully saturated rings. The highest BCUT2D eigenvalue weighted by atomic mass is 16.5. The van der Waals surface area contributed by atoms with Gasteiger partial charge in [-0.3, -0.25) is 0 Å². The van der Waals surface area contributed by atoms with Gasteiger partial charge >= 0.3 is 6.01 Å². The molecule has 0 bridgehead atoms. The normalized spacial score (nSPS) is 16.3. The number of hydrogen-bond acceptors (Lipinski definition) is 7. The molecule has 0 unspecified atom stereocenters. The van der Waals surface area contributed by atoms with Crippen molar-refractivity contribution < 1.29 is 4.74 Å². The van der Waals surface area contributed by atoms with Gasteiger partial charge in [0.05, 0.1) is 11.9 Å². The average molecular weight is 419 g/mol. The molecule has 5 rings (SSSR count). The van der Waals surface area contributed by atoms with Crippen LogP contribution in [0.1, 0.15) is 37.3 Å². The van der Waals surface area contributed by atoms with Crippen molar-refractivity contribution in [2.24, 2.45) is 0 Å². The summed E-state index contributed by atoms with van der Waals surface area (Å²) in [4.78, 5) is 9.33. The Kier molecular flexibility index (Phi) is 5.25. The molecule has 9 heteroatoms. The molecule has 4 heterocycles. The van der Waals surface area contributed by atoms with Crippen LogP contribution >= 0.6 is 0 Å². The van der Waals surface area contributed by atoms with E-state index in [9.17, 15) is 0 Å². The summed E-state index contributed by atoms with van der Waals surface area (Å²) in [6.07, 6.45) is 6.60. The molecule has 1 atom stereocenters. The van der Waals surface area contributed by atoms with Crippen molar-refractivity contribution in [3.8, 4) is 11.7 Å². The highest BCUT2D eigenvalue weighted by Crippen LogP contribution is 2.24. The molecule has 0 amide bonds. The summed E-state index contributed by atoms with van der Waals surface area (Å²) in [5.74, 6) is 0.898. The van der Waals surface area contributed by atoms with Gasteiger partial charge in [-0.2, -0.15) is 24.7 Å². The van der Waals surface area contributed by atoms with Crippen molar-refractivity contribution in [1.82, 2.24) is 34.7 Å². The van der Waals surface area contributed by atoms with Gasteiger partial charge in [0.25, 0.3) is 0 Å². The Labute approximate surface area is 180 Å². The Morgan fingerprint density at radius 2 is 2.10 bits per heavy atom. The van der Waals surface area contributed by atoms with Gasteiger partial charge in [0.1, 0.15) is 6.10 Å². The summed E-state index contributed by atoms with van der Waals surface area (Å²) in [5, 5.41) is 15.7. The molecule has 1 aliphatic rings. The standard InChI is InChI=1S/C22H26N8O/c1-15(2)18-14-26-30-20(18)27-22(31-17-8-10-23-13-17)28-21(30)24-12-16-6-3-4-7-19(16)29-11-5-9-25-29/h3-7,9,11,14-15,17,23H,8,10,12-13H2,1-2H3,(H,24,27,28)/t17-/m1/s1. The van der Waals surface area contributed by atoms with Gasteiger partial charge in [0.2, 0.25) is 5.95 Å². The SMILES string of the molecule is CC(C)c1cnn2c(NCc3ccccc3-n3cccn3)nc(O[C@@H]3CCNC3)nc12. The molecule has 4 aromatic rings. The van der Waals surface area contributed by atoms with E-state index in [1.165, 1.54) is 0 Å². The number of rotatable bonds is 7. The van der Waals surface area contributed by atoms with E-state index < -0.39 is 0 Å². The third kappa shape index (κ3) is 3.96. The quantitative estimate of drug-likeness (QED) is 0.477. The van der Waals surface area contributed by atoms with Crippen LogP contribution in [0.2, 0.25) is 0 Å². The maximum absolute atomic E-state index is 6.08. The lowest BCUT2D eigenvalue weighted by Gasteiger charge is -2.15. The predicted octanol–water partition coefficient (Wildman–Crippen LogP) is 2.79. The number of nitrogens with zero attached hydrogens (tertiary/aromatic N) is 6. The second kappa shape index (κ2) is 8.35. The van der Waals surface area contributed by atoms with E-state index in [1.807, 2.05) is 41.3 Å². The molecule has 9 nitrogen and oxygen atoms in total. The minimum Gasteiger partial charge on any atom is -0.459 e. The number of nitrogens with one attached hydrogen (secondary N) is 2. The zero-order valence-corrected chi connectivity index (χ0v) is 17.7. The first kappa shape index (κ1) is 19.5. The fourth-order valence-electron chi connectivity index (χ4n) is 3.80. The maximum Gasteiger partial charge on any atom is 0.322 e. The molecule has 0 aliphatic carbocycles. The lowest BCUT2D eigenvalue weighted by Crippen LogP contribution is -2.21. The van der Waals surface area contributed by atoms with Crippen molar-refractivity contribution in [3.05, 3.63) is 60.0 Å². The third-order valence-corrected chi connectivity index (χ3v) is 5.46. The van der Waals surface area contributed by atoms with Gasteiger partial charge in [-0.1, -0.05) is 32.0 Å². The van der Waals surface area contributed by atoms with Crippen LogP contribution in [0.5, 0.6) is 6.01 Å². The van der Waals surface area contributed by atoms with Gasteiger partial charge in [-0.15, -0.1) is 0 Å². The number of ether oxygens (including phenoxy) is 1. The van der Waals surface area contributed by atoms with Gasteiger partial charge in [0, 0.05) is 31.0 Å². The first-order chi connectivity index (χ1) is 15.2. The molecule has 0 saturated carbocycles. The summed E-state index contributed by atoms with van der Waals surface area (Å²) in [6, 6.07) is 10.4. The number of anilines is 1. The second-order valence-electron chi connectivity index (χ2n) is 7.99. The molecule has 1 aromatic carbocycles. The summed E-state index contributed by atoms with van der Waals surface area (Å²) in [6.45, 7) is 6.59. The van der Waals surface area contributed by atoms with Crippen LogP contribution < -0.4 is 15.4 Å². The van der Waals surface area contributed by atoms with E-state index in [1.54, 1.807) is 10.7 Å². The molecule has 160 valence electrons. The summed E-state index contributed by atoms with van der Waals surface area (Å²) >= 11 is 0. The van der Waals surface area contributed by atoms with E-state index >= 15 is 0 Å². The van der Waals surface area contributed by atoms with Crippen molar-refractivity contribution in [2.45, 2.75) is 38.8 Å². The van der Waals surface area contributed by atoms with Crippen LogP contribution in [0.15, 0.2) is 48.9 Å². The topological polar surface area (TPSA) is 94.2 Å². The van der Waals surface area contributed by atoms with Gasteiger partial charge in [-0.05, 0) is 36.6 Å². The van der Waals surface area contributed by atoms with E-state index in [2.05, 4.69) is 50.7 Å². The minimum atomic E-state index is 0.0845. The van der Waals surface area contributed by atoms with Crippen LogP contribution in [-0.2, 0) is 6.54 Å². The first-order valence-electron chi connectivity index (χ1n) is 10.6. The summed E-state index contributed by atoms with van der Waals surface area (Å²) in [5.41, 5.74) is 3.95. The smallest absolute Gasteiger partial charge is 0.322 e. The van der Waals surface area contributed by atoms with Crippen molar-refractivity contribution in [1.29, 1.82) is 0 Å². The maximum atomic E-state index is 6.08. The number of para-hydroxylation sites is 1. The third-order valence-electron chi connectivity index (χ3n) is 5.46. The highest BCUT2D eigenvalue weighted by molar-refractivity contribution is 5.53. The molecule has 1 saturated heterocycles. The zero-order valence-electron chi connectivity index (χ0n) is 17.7. The Bertz CT molecular complexity index is 1160. The Balaban J connectivity index is 1.48. The van der Waals surface area contributed by atoms with E-state index in [-0.39, 0.29) is 6.10 Å². The van der Waals surface area contributed by atoms with Crippen LogP contribution in [0, 0.1) is 0 Å². The minimum absolute atomic E-state index is 0.0845. The van der Waals surface area contributed by atoms with Crippen molar-refractivity contribution in [2.75, 3.05) is 18.4 Å². The van der Waals surface area contributed by atoms with Crippen LogP contribution in [0.25, 0.3) is 11.3 Å². The summed E-state index contributed by atoms with van der Waals surface area (Å²) < 4.78 is 9.70. The molecule has 2 N–H and O–H groups in total. The van der Waals surface area contributed by atoms with Gasteiger partial charge < -0.3 is 15.4 Å². The zero-order chi connectivity index (χ0) is 21.2. The van der Waals surface area contributed by atoms with E-state index in [0.717, 1.165) is 42.0 Å². The van der Waals surface area contributed by atoms with Crippen molar-refractivity contribution >= 4 is 11.6 Å². The second-order valence-corrected chi connectivity index (χ2v) is 7.99. The molecule has 1 aliphatic heterocycles. The lowest BCUT2D eigenvalue weighted by molar-refractivity contribution is 0.204. The van der Waals surface area contributed by atoms with Gasteiger partial charge in [0.15, 0.2) is 5.65 Å². The monoisotopic (exact) mass is 418 g/mol. The predicted molar refractivity (Wildman–Crippen MR) is 118 cm³/mol. The van der Waals surface area contributed by atoms with Crippen LogP contribution in [-0.4, -0.2) is 48.6 Å². The fourth-order valence-corrected chi connectivity index (χ4v) is 3.80. The molecule has 0 radical (unpaired) electrons. The van der Waals surface area contributed by atoms with E-state index in [0.29, 0.717) is 24.4 Å². The molecule has 31 heavy (non-hydrogen) atoms. The largest absolute Gasteiger partial charge is 0.459 e. The van der Waals surface area contributed by atoms with Crippen LogP contribution in [0.3, 0.4) is 0 Å². The molecular weight excluding hydrogens is 392 g/mol. The number of aromatic nitrogens is 6. The molecule has 3 aromatic heterocycles. The average Bonchev–Trinajstić information content (AvgIpc) is 3.53. The highest BCUT2D eigenvalue weighted by Gasteiger charge is 2.21. The van der Waals surface area contributed by atoms with Crippen molar-refractivity contribution in [3.63, 3.8) is 0 Å². The Morgan fingerprint density at radius 1 is 1.19 bits per heavy atom. The number of hydrogen-bond donors (Lipinski definition) is 2. The Morgan fingerprint density at radius 3 is 2.87 bits per heavy atom. The number of benzene rings is 1. The molecule has 0 spiro atoms. The number of fused-ring (bicyclic) bond motifs is 1. The fraction of sp³-hybridized carbons (Fsp3) is 0.364. The van der Waals surface area contributed by atoms with Gasteiger partial charge in [-0.25, -0.2) is 4.68 Å².